The molecule has 3 rings (SSSR count). The van der Waals surface area contributed by atoms with Gasteiger partial charge in [0.25, 0.3) is 5.91 Å². The van der Waals surface area contributed by atoms with Gasteiger partial charge in [-0.25, -0.2) is 0 Å². The molecule has 26 heavy (non-hydrogen) atoms. The molecule has 138 valence electrons. The number of nitro groups is 1. The summed E-state index contributed by atoms with van der Waals surface area (Å²) < 4.78 is 0.0674. The van der Waals surface area contributed by atoms with Gasteiger partial charge in [-0.15, -0.1) is 5.10 Å². The monoisotopic (exact) mass is 461 g/mol. The fraction of sp³-hybridized carbons (Fsp3) is 0.333. The Morgan fingerprint density at radius 1 is 1.27 bits per heavy atom. The third kappa shape index (κ3) is 3.85. The number of hydrogen-bond acceptors (Lipinski definition) is 5. The highest BCUT2D eigenvalue weighted by Crippen LogP contribution is 2.28. The molecule has 1 aromatic carbocycles. The topological polar surface area (TPSA) is 95.4 Å². The molecule has 1 fully saturated rings. The molecule has 0 aliphatic carbocycles. The van der Waals surface area contributed by atoms with Crippen molar-refractivity contribution in [3.8, 4) is 0 Å². The van der Waals surface area contributed by atoms with Gasteiger partial charge < -0.3 is 15.0 Å². The normalized spacial score (nSPS) is 15.3. The molecule has 1 amide bonds. The SMILES string of the molecule is O=C(c1n[nH]c([N+](=O)[O-])c1Br)N1CCN(Cc2c(Cl)cccc2Cl)CC1. The molecule has 1 aliphatic rings. The van der Waals surface area contributed by atoms with Gasteiger partial charge in [0.15, 0.2) is 5.69 Å². The number of aromatic nitrogens is 2. The summed E-state index contributed by atoms with van der Waals surface area (Å²) in [7, 11) is 0. The van der Waals surface area contributed by atoms with Crippen LogP contribution in [0.3, 0.4) is 0 Å². The zero-order valence-electron chi connectivity index (χ0n) is 13.4. The van der Waals surface area contributed by atoms with Crippen molar-refractivity contribution in [3.63, 3.8) is 0 Å². The predicted molar refractivity (Wildman–Crippen MR) is 101 cm³/mol. The van der Waals surface area contributed by atoms with Gasteiger partial charge in [0.2, 0.25) is 0 Å². The molecule has 0 unspecified atom stereocenters. The van der Waals surface area contributed by atoms with Crippen molar-refractivity contribution in [1.29, 1.82) is 0 Å². The summed E-state index contributed by atoms with van der Waals surface area (Å²) in [6, 6.07) is 5.39. The maximum absolute atomic E-state index is 12.6. The summed E-state index contributed by atoms with van der Waals surface area (Å²) in [5.74, 6) is -0.683. The van der Waals surface area contributed by atoms with E-state index in [-0.39, 0.29) is 21.9 Å². The number of halogens is 3. The molecule has 11 heteroatoms. The number of hydrogen-bond donors (Lipinski definition) is 1. The van der Waals surface area contributed by atoms with E-state index < -0.39 is 4.92 Å². The first-order valence-electron chi connectivity index (χ1n) is 7.71. The second-order valence-electron chi connectivity index (χ2n) is 5.76. The summed E-state index contributed by atoms with van der Waals surface area (Å²) in [6.07, 6.45) is 0. The van der Waals surface area contributed by atoms with Crippen LogP contribution >= 0.6 is 39.1 Å². The molecular formula is C15H14BrCl2N5O3. The van der Waals surface area contributed by atoms with Crippen LogP contribution in [0.4, 0.5) is 5.82 Å². The van der Waals surface area contributed by atoms with E-state index in [0.29, 0.717) is 42.8 Å². The molecule has 0 bridgehead atoms. The highest BCUT2D eigenvalue weighted by atomic mass is 79.9. The Balaban J connectivity index is 1.63. The smallest absolute Gasteiger partial charge is 0.357 e. The quantitative estimate of drug-likeness (QED) is 0.555. The Morgan fingerprint density at radius 3 is 2.42 bits per heavy atom. The van der Waals surface area contributed by atoms with Crippen molar-refractivity contribution in [2.75, 3.05) is 26.2 Å². The van der Waals surface area contributed by atoms with Gasteiger partial charge in [-0.05, 0) is 33.0 Å². The van der Waals surface area contributed by atoms with E-state index in [1.54, 1.807) is 23.1 Å². The van der Waals surface area contributed by atoms with E-state index in [0.717, 1.165) is 5.56 Å². The molecule has 1 aliphatic heterocycles. The third-order valence-corrected chi connectivity index (χ3v) is 5.64. The average Bonchev–Trinajstić information content (AvgIpc) is 3.00. The molecule has 0 saturated carbocycles. The number of amides is 1. The molecule has 2 aromatic rings. The van der Waals surface area contributed by atoms with Crippen LogP contribution in [0.15, 0.2) is 22.7 Å². The summed E-state index contributed by atoms with van der Waals surface area (Å²) in [6.45, 7) is 2.83. The van der Waals surface area contributed by atoms with Gasteiger partial charge in [-0.3, -0.25) is 9.69 Å². The molecule has 1 N–H and O–H groups in total. The van der Waals surface area contributed by atoms with E-state index >= 15 is 0 Å². The molecule has 0 radical (unpaired) electrons. The molecule has 0 atom stereocenters. The molecule has 1 saturated heterocycles. The first kappa shape index (κ1) is 19.1. The van der Waals surface area contributed by atoms with Crippen LogP contribution in [0.5, 0.6) is 0 Å². The first-order valence-corrected chi connectivity index (χ1v) is 9.26. The van der Waals surface area contributed by atoms with Gasteiger partial charge in [-0.2, -0.15) is 0 Å². The lowest BCUT2D eigenvalue weighted by Crippen LogP contribution is -2.48. The third-order valence-electron chi connectivity index (χ3n) is 4.18. The number of rotatable bonds is 4. The lowest BCUT2D eigenvalue weighted by Gasteiger charge is -2.34. The van der Waals surface area contributed by atoms with Crippen molar-refractivity contribution in [2.45, 2.75) is 6.54 Å². The number of carbonyl (C=O) groups is 1. The number of aromatic amines is 1. The minimum Gasteiger partial charge on any atom is -0.358 e. The lowest BCUT2D eigenvalue weighted by molar-refractivity contribution is -0.390. The number of piperazine rings is 1. The van der Waals surface area contributed by atoms with Crippen LogP contribution in [-0.2, 0) is 6.54 Å². The summed E-state index contributed by atoms with van der Waals surface area (Å²) in [5, 5.41) is 18.1. The van der Waals surface area contributed by atoms with E-state index in [9.17, 15) is 14.9 Å². The Labute approximate surface area is 167 Å². The van der Waals surface area contributed by atoms with Crippen molar-refractivity contribution < 1.29 is 9.72 Å². The highest BCUT2D eigenvalue weighted by molar-refractivity contribution is 9.10. The van der Waals surface area contributed by atoms with Crippen LogP contribution in [-0.4, -0.2) is 57.0 Å². The van der Waals surface area contributed by atoms with Crippen LogP contribution < -0.4 is 0 Å². The number of nitrogens with one attached hydrogen (secondary N) is 1. The zero-order chi connectivity index (χ0) is 18.8. The van der Waals surface area contributed by atoms with Crippen LogP contribution in [0.2, 0.25) is 10.0 Å². The predicted octanol–water partition coefficient (Wildman–Crippen LogP) is 3.35. The van der Waals surface area contributed by atoms with Crippen molar-refractivity contribution in [2.24, 2.45) is 0 Å². The summed E-state index contributed by atoms with van der Waals surface area (Å²) >= 11 is 15.5. The minimum absolute atomic E-state index is 0.0132. The van der Waals surface area contributed by atoms with Gasteiger partial charge in [0, 0.05) is 48.3 Å². The van der Waals surface area contributed by atoms with Gasteiger partial charge in [0.05, 0.1) is 0 Å². The molecule has 0 spiro atoms. The molecule has 2 heterocycles. The molecular weight excluding hydrogens is 449 g/mol. The number of H-pyrrole nitrogens is 1. The zero-order valence-corrected chi connectivity index (χ0v) is 16.5. The molecule has 1 aromatic heterocycles. The van der Waals surface area contributed by atoms with E-state index in [1.165, 1.54) is 0 Å². The van der Waals surface area contributed by atoms with Crippen molar-refractivity contribution in [1.82, 2.24) is 20.0 Å². The Morgan fingerprint density at radius 2 is 1.88 bits per heavy atom. The largest absolute Gasteiger partial charge is 0.358 e. The summed E-state index contributed by atoms with van der Waals surface area (Å²) in [4.78, 5) is 26.6. The molecule has 8 nitrogen and oxygen atoms in total. The van der Waals surface area contributed by atoms with E-state index in [2.05, 4.69) is 31.0 Å². The summed E-state index contributed by atoms with van der Waals surface area (Å²) in [5.41, 5.74) is 0.876. The van der Waals surface area contributed by atoms with Crippen LogP contribution in [0.1, 0.15) is 16.1 Å². The number of nitrogens with zero attached hydrogens (tertiary/aromatic N) is 4. The second-order valence-corrected chi connectivity index (χ2v) is 7.37. The Kier molecular flexibility index (Phi) is 5.81. The van der Waals surface area contributed by atoms with E-state index in [1.807, 2.05) is 0 Å². The van der Waals surface area contributed by atoms with Crippen LogP contribution in [0.25, 0.3) is 0 Å². The van der Waals surface area contributed by atoms with Gasteiger partial charge in [-0.1, -0.05) is 34.4 Å². The van der Waals surface area contributed by atoms with Gasteiger partial charge in [0.1, 0.15) is 4.47 Å². The number of carbonyl (C=O) groups excluding carboxylic acids is 1. The second kappa shape index (κ2) is 7.91. The lowest BCUT2D eigenvalue weighted by atomic mass is 10.2. The maximum atomic E-state index is 12.6. The van der Waals surface area contributed by atoms with E-state index in [4.69, 9.17) is 23.2 Å². The fourth-order valence-electron chi connectivity index (χ4n) is 2.75. The Bertz CT molecular complexity index is 832. The highest BCUT2D eigenvalue weighted by Gasteiger charge is 2.30. The maximum Gasteiger partial charge on any atom is 0.357 e. The van der Waals surface area contributed by atoms with Crippen molar-refractivity contribution in [3.05, 3.63) is 54.1 Å². The first-order chi connectivity index (χ1) is 12.4. The van der Waals surface area contributed by atoms with Gasteiger partial charge >= 0.3 is 5.82 Å². The average molecular weight is 463 g/mol. The van der Waals surface area contributed by atoms with Crippen LogP contribution in [0, 0.1) is 10.1 Å². The number of benzene rings is 1. The van der Waals surface area contributed by atoms with Crippen molar-refractivity contribution >= 4 is 50.9 Å². The Hall–Kier alpha value is -1.68. The fourth-order valence-corrected chi connectivity index (χ4v) is 3.76. The standard InChI is InChI=1S/C15H14BrCl2N5O3/c16-12-13(19-20-14(12)23(25)26)15(24)22-6-4-21(5-7-22)8-9-10(17)2-1-3-11(9)18/h1-3H,4-8H2,(H,19,20). The minimum atomic E-state index is -0.626.